The van der Waals surface area contributed by atoms with Gasteiger partial charge in [0.1, 0.15) is 0 Å². The summed E-state index contributed by atoms with van der Waals surface area (Å²) in [6.45, 7) is 13.9. The van der Waals surface area contributed by atoms with Gasteiger partial charge in [-0.15, -0.1) is 0 Å². The van der Waals surface area contributed by atoms with E-state index in [1.807, 2.05) is 18.5 Å². The Morgan fingerprint density at radius 1 is 1.12 bits per heavy atom. The van der Waals surface area contributed by atoms with Crippen molar-refractivity contribution in [1.82, 2.24) is 20.2 Å². The Kier molecular flexibility index (Phi) is 7.26. The molecule has 3 unspecified atom stereocenters. The zero-order chi connectivity index (χ0) is 18.4. The van der Waals surface area contributed by atoms with E-state index in [9.17, 15) is 0 Å². The first-order chi connectivity index (χ1) is 12.6. The van der Waals surface area contributed by atoms with Gasteiger partial charge in [0.15, 0.2) is 0 Å². The van der Waals surface area contributed by atoms with Crippen molar-refractivity contribution < 1.29 is 0 Å². The molecule has 0 bridgehead atoms. The molecule has 26 heavy (non-hydrogen) atoms. The van der Waals surface area contributed by atoms with E-state index in [1.165, 1.54) is 32.2 Å². The van der Waals surface area contributed by atoms with Gasteiger partial charge in [0.05, 0.1) is 0 Å². The summed E-state index contributed by atoms with van der Waals surface area (Å²) in [6.07, 6.45) is 9.08. The molecule has 0 radical (unpaired) electrons. The van der Waals surface area contributed by atoms with Crippen LogP contribution in [0.2, 0.25) is 0 Å². The van der Waals surface area contributed by atoms with Gasteiger partial charge in [-0.3, -0.25) is 4.90 Å². The van der Waals surface area contributed by atoms with E-state index in [4.69, 9.17) is 0 Å². The number of hydrogen-bond acceptors (Lipinski definition) is 5. The molecule has 0 spiro atoms. The van der Waals surface area contributed by atoms with Crippen LogP contribution >= 0.6 is 0 Å². The monoisotopic (exact) mass is 359 g/mol. The highest BCUT2D eigenvalue weighted by molar-refractivity contribution is 5.29. The molecule has 3 atom stereocenters. The van der Waals surface area contributed by atoms with Crippen LogP contribution in [-0.2, 0) is 0 Å². The number of hydrogen-bond donors (Lipinski definition) is 1. The number of nitrogens with zero attached hydrogens (tertiary/aromatic N) is 4. The molecule has 5 nitrogen and oxygen atoms in total. The highest BCUT2D eigenvalue weighted by atomic mass is 15.3. The first kappa shape index (κ1) is 19.6. The minimum atomic E-state index is 0.728. The second-order valence-corrected chi connectivity index (χ2v) is 8.62. The average molecular weight is 360 g/mol. The summed E-state index contributed by atoms with van der Waals surface area (Å²) >= 11 is 0. The van der Waals surface area contributed by atoms with Gasteiger partial charge < -0.3 is 10.2 Å². The van der Waals surface area contributed by atoms with Crippen LogP contribution in [0.25, 0.3) is 0 Å². The lowest BCUT2D eigenvalue weighted by Gasteiger charge is -2.38. The third kappa shape index (κ3) is 5.40. The molecule has 5 heteroatoms. The summed E-state index contributed by atoms with van der Waals surface area (Å²) < 4.78 is 0. The second-order valence-electron chi connectivity index (χ2n) is 8.62. The molecule has 2 aliphatic rings. The summed E-state index contributed by atoms with van der Waals surface area (Å²) in [4.78, 5) is 13.6. The fourth-order valence-electron chi connectivity index (χ4n) is 4.65. The maximum Gasteiger partial charge on any atom is 0.225 e. The van der Waals surface area contributed by atoms with Crippen LogP contribution in [-0.4, -0.2) is 60.2 Å². The lowest BCUT2D eigenvalue weighted by Crippen LogP contribution is -2.48. The summed E-state index contributed by atoms with van der Waals surface area (Å²) in [6, 6.07) is 2.61. The number of anilines is 1. The van der Waals surface area contributed by atoms with E-state index in [-0.39, 0.29) is 0 Å². The van der Waals surface area contributed by atoms with Crippen molar-refractivity contribution in [2.75, 3.05) is 44.2 Å². The molecular weight excluding hydrogens is 322 g/mol. The summed E-state index contributed by atoms with van der Waals surface area (Å²) in [5, 5.41) is 3.90. The maximum absolute atomic E-state index is 4.37. The minimum Gasteiger partial charge on any atom is -0.338 e. The van der Waals surface area contributed by atoms with Crippen molar-refractivity contribution in [3.05, 3.63) is 18.5 Å². The van der Waals surface area contributed by atoms with E-state index in [2.05, 4.69) is 45.9 Å². The van der Waals surface area contributed by atoms with Crippen LogP contribution in [0, 0.1) is 17.8 Å². The number of rotatable bonds is 7. The molecule has 1 saturated heterocycles. The van der Waals surface area contributed by atoms with Gasteiger partial charge in [0.2, 0.25) is 5.95 Å². The molecular formula is C21H37N5. The molecule has 2 fully saturated rings. The second kappa shape index (κ2) is 9.65. The SMILES string of the molecule is CC1CCC(C(C)C)C(NCCCN2CCN(c3ncccn3)CC2)C1. The molecule has 1 aromatic rings. The van der Waals surface area contributed by atoms with Crippen molar-refractivity contribution in [3.63, 3.8) is 0 Å². The normalized spacial score (nSPS) is 27.8. The van der Waals surface area contributed by atoms with E-state index in [1.54, 1.807) is 0 Å². The molecule has 2 heterocycles. The molecule has 1 aromatic heterocycles. The Labute approximate surface area is 159 Å². The zero-order valence-electron chi connectivity index (χ0n) is 16.9. The van der Waals surface area contributed by atoms with Crippen LogP contribution in [0.1, 0.15) is 46.5 Å². The van der Waals surface area contributed by atoms with E-state index >= 15 is 0 Å². The smallest absolute Gasteiger partial charge is 0.225 e. The number of nitrogens with one attached hydrogen (secondary N) is 1. The van der Waals surface area contributed by atoms with Gasteiger partial charge >= 0.3 is 0 Å². The summed E-state index contributed by atoms with van der Waals surface area (Å²) in [5.74, 6) is 3.42. The molecule has 0 aromatic carbocycles. The van der Waals surface area contributed by atoms with Crippen LogP contribution in [0.5, 0.6) is 0 Å². The van der Waals surface area contributed by atoms with Crippen LogP contribution < -0.4 is 10.2 Å². The minimum absolute atomic E-state index is 0.728. The maximum atomic E-state index is 4.37. The first-order valence-electron chi connectivity index (χ1n) is 10.6. The molecule has 3 rings (SSSR count). The fourth-order valence-corrected chi connectivity index (χ4v) is 4.65. The Morgan fingerprint density at radius 3 is 2.54 bits per heavy atom. The van der Waals surface area contributed by atoms with Gasteiger partial charge in [0, 0.05) is 44.6 Å². The highest BCUT2D eigenvalue weighted by Crippen LogP contribution is 2.33. The third-order valence-electron chi connectivity index (χ3n) is 6.29. The van der Waals surface area contributed by atoms with Gasteiger partial charge in [-0.05, 0) is 56.2 Å². The van der Waals surface area contributed by atoms with Gasteiger partial charge in [-0.1, -0.05) is 27.2 Å². The summed E-state index contributed by atoms with van der Waals surface area (Å²) in [7, 11) is 0. The van der Waals surface area contributed by atoms with Crippen molar-refractivity contribution >= 4 is 5.95 Å². The van der Waals surface area contributed by atoms with Gasteiger partial charge in [0.25, 0.3) is 0 Å². The average Bonchev–Trinajstić information content (AvgIpc) is 2.66. The van der Waals surface area contributed by atoms with Crippen molar-refractivity contribution in [2.45, 2.75) is 52.5 Å². The van der Waals surface area contributed by atoms with Crippen LogP contribution in [0.15, 0.2) is 18.5 Å². The fraction of sp³-hybridized carbons (Fsp3) is 0.810. The predicted octanol–water partition coefficient (Wildman–Crippen LogP) is 3.04. The Balaban J connectivity index is 1.34. The molecule has 1 aliphatic heterocycles. The quantitative estimate of drug-likeness (QED) is 0.758. The van der Waals surface area contributed by atoms with E-state index in [0.29, 0.717) is 0 Å². The molecule has 0 amide bonds. The van der Waals surface area contributed by atoms with Crippen molar-refractivity contribution in [2.24, 2.45) is 17.8 Å². The molecule has 1 saturated carbocycles. The number of aromatic nitrogens is 2. The standard InChI is InChI=1S/C21H37N5/c1-17(2)19-7-6-18(3)16-20(19)22-10-5-11-25-12-14-26(15-13-25)21-23-8-4-9-24-21/h4,8-9,17-20,22H,5-7,10-16H2,1-3H3. The van der Waals surface area contributed by atoms with Crippen LogP contribution in [0.4, 0.5) is 5.95 Å². The number of piperazine rings is 1. The molecule has 1 aliphatic carbocycles. The summed E-state index contributed by atoms with van der Waals surface area (Å²) in [5.41, 5.74) is 0. The lowest BCUT2D eigenvalue weighted by molar-refractivity contribution is 0.167. The van der Waals surface area contributed by atoms with Crippen molar-refractivity contribution in [1.29, 1.82) is 0 Å². The van der Waals surface area contributed by atoms with Crippen LogP contribution in [0.3, 0.4) is 0 Å². The van der Waals surface area contributed by atoms with E-state index < -0.39 is 0 Å². The molecule has 1 N–H and O–H groups in total. The third-order valence-corrected chi connectivity index (χ3v) is 6.29. The zero-order valence-corrected chi connectivity index (χ0v) is 16.9. The Morgan fingerprint density at radius 2 is 1.85 bits per heavy atom. The van der Waals surface area contributed by atoms with Gasteiger partial charge in [-0.25, -0.2) is 9.97 Å². The van der Waals surface area contributed by atoms with E-state index in [0.717, 1.165) is 62.5 Å². The molecule has 146 valence electrons. The van der Waals surface area contributed by atoms with Crippen molar-refractivity contribution in [3.8, 4) is 0 Å². The largest absolute Gasteiger partial charge is 0.338 e. The topological polar surface area (TPSA) is 44.3 Å². The van der Waals surface area contributed by atoms with Gasteiger partial charge in [-0.2, -0.15) is 0 Å². The predicted molar refractivity (Wildman–Crippen MR) is 108 cm³/mol. The Hall–Kier alpha value is -1.20. The highest BCUT2D eigenvalue weighted by Gasteiger charge is 2.30. The first-order valence-corrected chi connectivity index (χ1v) is 10.6. The lowest BCUT2D eigenvalue weighted by atomic mass is 9.74. The Bertz CT molecular complexity index is 512.